The summed E-state index contributed by atoms with van der Waals surface area (Å²) in [6.45, 7) is 0. The van der Waals surface area contributed by atoms with E-state index >= 15 is 0 Å². The molecule has 0 fully saturated rings. The number of aromatic amines is 1. The highest BCUT2D eigenvalue weighted by molar-refractivity contribution is 7.99. The first-order valence-electron chi connectivity index (χ1n) is 2.95. The SMILES string of the molecule is O=C(O)CSc1nncc(=O)[nH]1. The van der Waals surface area contributed by atoms with E-state index in [2.05, 4.69) is 15.2 Å². The molecular weight excluding hydrogens is 182 g/mol. The van der Waals surface area contributed by atoms with Crippen molar-refractivity contribution in [1.29, 1.82) is 0 Å². The van der Waals surface area contributed by atoms with Gasteiger partial charge in [-0.05, 0) is 0 Å². The normalized spacial score (nSPS) is 9.67. The third kappa shape index (κ3) is 2.70. The van der Waals surface area contributed by atoms with Crippen molar-refractivity contribution in [2.24, 2.45) is 0 Å². The number of carboxylic acids is 1. The Bertz CT molecular complexity index is 337. The van der Waals surface area contributed by atoms with Gasteiger partial charge in [0, 0.05) is 0 Å². The predicted octanol–water partition coefficient (Wildman–Crippen LogP) is -0.658. The lowest BCUT2D eigenvalue weighted by atomic mass is 10.8. The Morgan fingerprint density at radius 1 is 1.75 bits per heavy atom. The molecule has 12 heavy (non-hydrogen) atoms. The number of hydrogen-bond donors (Lipinski definition) is 2. The van der Waals surface area contributed by atoms with E-state index in [9.17, 15) is 9.59 Å². The lowest BCUT2D eigenvalue weighted by Gasteiger charge is -1.93. The average molecular weight is 187 g/mol. The van der Waals surface area contributed by atoms with E-state index in [1.54, 1.807) is 0 Å². The number of hydrogen-bond acceptors (Lipinski definition) is 5. The second-order valence-corrected chi connectivity index (χ2v) is 2.79. The standard InChI is InChI=1S/C5H5N3O3S/c9-3-1-6-8-5(7-3)12-2-4(10)11/h1H,2H2,(H,10,11)(H,7,8,9). The van der Waals surface area contributed by atoms with Crippen LogP contribution in [0.1, 0.15) is 0 Å². The number of thioether (sulfide) groups is 1. The molecule has 0 saturated heterocycles. The van der Waals surface area contributed by atoms with E-state index in [0.29, 0.717) is 0 Å². The molecular formula is C5H5N3O3S. The fourth-order valence-corrected chi connectivity index (χ4v) is 1.03. The van der Waals surface area contributed by atoms with Gasteiger partial charge in [-0.1, -0.05) is 11.8 Å². The van der Waals surface area contributed by atoms with Crippen LogP contribution in [0.4, 0.5) is 0 Å². The quantitative estimate of drug-likeness (QED) is 0.610. The van der Waals surface area contributed by atoms with Crippen LogP contribution in [0.3, 0.4) is 0 Å². The van der Waals surface area contributed by atoms with E-state index in [1.165, 1.54) is 0 Å². The summed E-state index contributed by atoms with van der Waals surface area (Å²) in [4.78, 5) is 23.0. The largest absolute Gasteiger partial charge is 0.481 e. The van der Waals surface area contributed by atoms with Gasteiger partial charge in [0.15, 0.2) is 5.16 Å². The lowest BCUT2D eigenvalue weighted by Crippen LogP contribution is -2.09. The van der Waals surface area contributed by atoms with Gasteiger partial charge in [-0.3, -0.25) is 14.6 Å². The lowest BCUT2D eigenvalue weighted by molar-refractivity contribution is -0.133. The van der Waals surface area contributed by atoms with Crippen molar-refractivity contribution in [3.63, 3.8) is 0 Å². The molecule has 0 aromatic carbocycles. The summed E-state index contributed by atoms with van der Waals surface area (Å²) in [6.07, 6.45) is 1.02. The van der Waals surface area contributed by atoms with Crippen LogP contribution in [0.25, 0.3) is 0 Å². The summed E-state index contributed by atoms with van der Waals surface area (Å²) in [7, 11) is 0. The summed E-state index contributed by atoms with van der Waals surface area (Å²) in [5.74, 6) is -1.11. The number of aromatic nitrogens is 3. The number of nitrogens with zero attached hydrogens (tertiary/aromatic N) is 2. The van der Waals surface area contributed by atoms with Gasteiger partial charge in [0.25, 0.3) is 5.56 Å². The molecule has 7 heteroatoms. The van der Waals surface area contributed by atoms with Crippen LogP contribution in [-0.2, 0) is 4.79 Å². The molecule has 1 heterocycles. The molecule has 0 aliphatic heterocycles. The van der Waals surface area contributed by atoms with Crippen molar-refractivity contribution in [2.75, 3.05) is 5.75 Å². The first kappa shape index (κ1) is 8.72. The maximum Gasteiger partial charge on any atom is 0.313 e. The second kappa shape index (κ2) is 3.86. The minimum absolute atomic E-state index is 0.144. The molecule has 0 radical (unpaired) electrons. The fraction of sp³-hybridized carbons (Fsp3) is 0.200. The van der Waals surface area contributed by atoms with Gasteiger partial charge in [0.1, 0.15) is 6.20 Å². The number of aliphatic carboxylic acids is 1. The van der Waals surface area contributed by atoms with Crippen molar-refractivity contribution in [3.8, 4) is 0 Å². The van der Waals surface area contributed by atoms with E-state index < -0.39 is 11.5 Å². The maximum atomic E-state index is 10.6. The Labute approximate surface area is 71.0 Å². The molecule has 6 nitrogen and oxygen atoms in total. The van der Waals surface area contributed by atoms with Crippen LogP contribution < -0.4 is 5.56 Å². The Morgan fingerprint density at radius 3 is 3.08 bits per heavy atom. The molecule has 0 unspecified atom stereocenters. The van der Waals surface area contributed by atoms with Crippen molar-refractivity contribution < 1.29 is 9.90 Å². The summed E-state index contributed by atoms with van der Waals surface area (Å²) >= 11 is 0.914. The minimum atomic E-state index is -0.966. The number of H-pyrrole nitrogens is 1. The smallest absolute Gasteiger partial charge is 0.313 e. The van der Waals surface area contributed by atoms with Crippen LogP contribution in [0.5, 0.6) is 0 Å². The van der Waals surface area contributed by atoms with Gasteiger partial charge >= 0.3 is 5.97 Å². The molecule has 0 amide bonds. The predicted molar refractivity (Wildman–Crippen MR) is 41.0 cm³/mol. The van der Waals surface area contributed by atoms with Gasteiger partial charge in [-0.15, -0.1) is 5.10 Å². The zero-order valence-electron chi connectivity index (χ0n) is 5.85. The second-order valence-electron chi connectivity index (χ2n) is 1.82. The van der Waals surface area contributed by atoms with Gasteiger partial charge in [0.05, 0.1) is 5.75 Å². The van der Waals surface area contributed by atoms with E-state index in [-0.39, 0.29) is 10.9 Å². The Kier molecular flexibility index (Phi) is 2.81. The topological polar surface area (TPSA) is 95.9 Å². The van der Waals surface area contributed by atoms with E-state index in [1.807, 2.05) is 0 Å². The highest BCUT2D eigenvalue weighted by atomic mass is 32.2. The highest BCUT2D eigenvalue weighted by Gasteiger charge is 2.01. The third-order valence-electron chi connectivity index (χ3n) is 0.886. The van der Waals surface area contributed by atoms with Crippen LogP contribution in [0.2, 0.25) is 0 Å². The Balaban J connectivity index is 2.64. The number of rotatable bonds is 3. The van der Waals surface area contributed by atoms with Crippen LogP contribution in [-0.4, -0.2) is 32.0 Å². The number of nitrogens with one attached hydrogen (secondary N) is 1. The summed E-state index contributed by atoms with van der Waals surface area (Å²) in [5.41, 5.74) is -0.391. The van der Waals surface area contributed by atoms with Crippen LogP contribution >= 0.6 is 11.8 Å². The summed E-state index contributed by atoms with van der Waals surface area (Å²) in [5, 5.41) is 15.4. The van der Waals surface area contributed by atoms with Crippen molar-refractivity contribution in [3.05, 3.63) is 16.6 Å². The van der Waals surface area contributed by atoms with E-state index in [0.717, 1.165) is 18.0 Å². The van der Waals surface area contributed by atoms with Crippen LogP contribution in [0, 0.1) is 0 Å². The zero-order valence-corrected chi connectivity index (χ0v) is 6.67. The van der Waals surface area contributed by atoms with Gasteiger partial charge < -0.3 is 5.11 Å². The molecule has 0 bridgehead atoms. The summed E-state index contributed by atoms with van der Waals surface area (Å²) < 4.78 is 0. The molecule has 0 atom stereocenters. The van der Waals surface area contributed by atoms with Crippen molar-refractivity contribution >= 4 is 17.7 Å². The molecule has 1 aromatic rings. The Morgan fingerprint density at radius 2 is 2.50 bits per heavy atom. The van der Waals surface area contributed by atoms with Gasteiger partial charge in [-0.25, -0.2) is 0 Å². The first-order chi connectivity index (χ1) is 5.68. The molecule has 0 aliphatic carbocycles. The summed E-state index contributed by atoms with van der Waals surface area (Å²) in [6, 6.07) is 0. The fourth-order valence-electron chi connectivity index (χ4n) is 0.491. The van der Waals surface area contributed by atoms with Gasteiger partial charge in [-0.2, -0.15) is 5.10 Å². The monoisotopic (exact) mass is 187 g/mol. The van der Waals surface area contributed by atoms with Crippen molar-refractivity contribution in [1.82, 2.24) is 15.2 Å². The molecule has 1 rings (SSSR count). The molecule has 1 aromatic heterocycles. The maximum absolute atomic E-state index is 10.6. The van der Waals surface area contributed by atoms with Gasteiger partial charge in [0.2, 0.25) is 0 Å². The molecule has 0 spiro atoms. The average Bonchev–Trinajstić information content (AvgIpc) is 2.01. The van der Waals surface area contributed by atoms with Crippen molar-refractivity contribution in [2.45, 2.75) is 5.16 Å². The molecule has 2 N–H and O–H groups in total. The number of carbonyl (C=O) groups is 1. The first-order valence-corrected chi connectivity index (χ1v) is 3.93. The molecule has 0 saturated carbocycles. The zero-order chi connectivity index (χ0) is 8.97. The number of carboxylic acid groups (broad SMARTS) is 1. The minimum Gasteiger partial charge on any atom is -0.481 e. The van der Waals surface area contributed by atoms with Crippen LogP contribution in [0.15, 0.2) is 16.1 Å². The third-order valence-corrected chi connectivity index (χ3v) is 1.73. The Hall–Kier alpha value is -1.37. The molecule has 0 aliphatic rings. The van der Waals surface area contributed by atoms with E-state index in [4.69, 9.17) is 5.11 Å². The highest BCUT2D eigenvalue weighted by Crippen LogP contribution is 2.07. The molecule has 64 valence electrons.